The topological polar surface area (TPSA) is 26.3 Å². The van der Waals surface area contributed by atoms with Crippen molar-refractivity contribution in [2.75, 3.05) is 0 Å². The third kappa shape index (κ3) is 5.40. The monoisotopic (exact) mass is 304 g/mol. The molecule has 0 spiro atoms. The standard InChI is InChI=1S/C18H28O2Si/c1-21(2,3)20-18(16-12-8-5-9-13-16)14-17(19)15-10-6-4-7-11-15/h4,6-7,10-11,16,18H,5,8-9,12-14H2,1-3H3/t18-/m1/s1. The van der Waals surface area contributed by atoms with E-state index in [0.717, 1.165) is 5.56 Å². The highest BCUT2D eigenvalue weighted by Gasteiger charge is 2.30. The Morgan fingerprint density at radius 2 is 1.76 bits per heavy atom. The molecular formula is C18H28O2Si. The summed E-state index contributed by atoms with van der Waals surface area (Å²) in [7, 11) is -1.62. The summed E-state index contributed by atoms with van der Waals surface area (Å²) in [6.07, 6.45) is 7.01. The van der Waals surface area contributed by atoms with E-state index in [1.54, 1.807) is 0 Å². The molecule has 0 saturated heterocycles. The summed E-state index contributed by atoms with van der Waals surface area (Å²) >= 11 is 0. The number of hydrogen-bond acceptors (Lipinski definition) is 2. The highest BCUT2D eigenvalue weighted by Crippen LogP contribution is 2.31. The normalized spacial score (nSPS) is 18.4. The van der Waals surface area contributed by atoms with Crippen LogP contribution in [-0.4, -0.2) is 20.2 Å². The molecule has 1 aliphatic rings. The Balaban J connectivity index is 2.06. The molecule has 1 atom stereocenters. The van der Waals surface area contributed by atoms with Gasteiger partial charge in [0.25, 0.3) is 0 Å². The van der Waals surface area contributed by atoms with Gasteiger partial charge in [-0.1, -0.05) is 49.6 Å². The Labute approximate surface area is 130 Å². The van der Waals surface area contributed by atoms with Gasteiger partial charge in [-0.05, 0) is 38.4 Å². The zero-order valence-electron chi connectivity index (χ0n) is 13.6. The fraction of sp³-hybridized carbons (Fsp3) is 0.611. The van der Waals surface area contributed by atoms with Crippen LogP contribution in [0, 0.1) is 5.92 Å². The maximum Gasteiger partial charge on any atom is 0.184 e. The molecule has 0 aromatic heterocycles. The van der Waals surface area contributed by atoms with Gasteiger partial charge in [0, 0.05) is 12.0 Å². The van der Waals surface area contributed by atoms with E-state index in [1.165, 1.54) is 32.1 Å². The maximum absolute atomic E-state index is 12.5. The van der Waals surface area contributed by atoms with Gasteiger partial charge in [-0.2, -0.15) is 0 Å². The number of benzene rings is 1. The Kier molecular flexibility index (Phi) is 5.77. The first kappa shape index (κ1) is 16.4. The highest BCUT2D eigenvalue weighted by molar-refractivity contribution is 6.69. The lowest BCUT2D eigenvalue weighted by Crippen LogP contribution is -2.38. The minimum Gasteiger partial charge on any atom is -0.414 e. The minimum atomic E-state index is -1.62. The summed E-state index contributed by atoms with van der Waals surface area (Å²) in [6.45, 7) is 6.65. The Hall–Kier alpha value is -0.933. The van der Waals surface area contributed by atoms with E-state index in [-0.39, 0.29) is 11.9 Å². The molecule has 0 heterocycles. The summed E-state index contributed by atoms with van der Waals surface area (Å²) in [6, 6.07) is 9.64. The van der Waals surface area contributed by atoms with E-state index in [0.29, 0.717) is 12.3 Å². The van der Waals surface area contributed by atoms with Crippen LogP contribution in [0.4, 0.5) is 0 Å². The Bertz CT molecular complexity index is 444. The number of carbonyl (C=O) groups excluding carboxylic acids is 1. The molecule has 1 aliphatic carbocycles. The molecule has 1 saturated carbocycles. The minimum absolute atomic E-state index is 0.115. The van der Waals surface area contributed by atoms with Gasteiger partial charge < -0.3 is 4.43 Å². The summed E-state index contributed by atoms with van der Waals surface area (Å²) in [5.74, 6) is 0.794. The van der Waals surface area contributed by atoms with Crippen molar-refractivity contribution < 1.29 is 9.22 Å². The first-order chi connectivity index (χ1) is 9.96. The molecule has 0 bridgehead atoms. The van der Waals surface area contributed by atoms with Crippen molar-refractivity contribution in [1.82, 2.24) is 0 Å². The molecule has 1 fully saturated rings. The maximum atomic E-state index is 12.5. The van der Waals surface area contributed by atoms with Crippen molar-refractivity contribution in [2.24, 2.45) is 5.92 Å². The molecule has 1 aromatic carbocycles. The van der Waals surface area contributed by atoms with E-state index in [1.807, 2.05) is 30.3 Å². The molecule has 0 aliphatic heterocycles. The van der Waals surface area contributed by atoms with Gasteiger partial charge in [0.15, 0.2) is 14.1 Å². The molecular weight excluding hydrogens is 276 g/mol. The van der Waals surface area contributed by atoms with Crippen LogP contribution in [0.15, 0.2) is 30.3 Å². The average Bonchev–Trinajstić information content (AvgIpc) is 2.47. The lowest BCUT2D eigenvalue weighted by molar-refractivity contribution is 0.0720. The van der Waals surface area contributed by atoms with Crippen LogP contribution in [0.5, 0.6) is 0 Å². The second-order valence-electron chi connectivity index (χ2n) is 7.16. The van der Waals surface area contributed by atoms with Crippen LogP contribution in [0.25, 0.3) is 0 Å². The van der Waals surface area contributed by atoms with Crippen molar-refractivity contribution in [2.45, 2.75) is 64.3 Å². The SMILES string of the molecule is C[Si](C)(C)O[C@H](CC(=O)c1ccccc1)C1CCCCC1. The lowest BCUT2D eigenvalue weighted by atomic mass is 9.83. The van der Waals surface area contributed by atoms with Crippen LogP contribution >= 0.6 is 0 Å². The first-order valence-corrected chi connectivity index (χ1v) is 11.6. The fourth-order valence-electron chi connectivity index (χ4n) is 3.19. The molecule has 0 unspecified atom stereocenters. The summed E-state index contributed by atoms with van der Waals surface area (Å²) < 4.78 is 6.39. The molecule has 2 nitrogen and oxygen atoms in total. The third-order valence-electron chi connectivity index (χ3n) is 4.16. The number of hydrogen-bond donors (Lipinski definition) is 0. The number of rotatable bonds is 6. The Morgan fingerprint density at radius 1 is 1.14 bits per heavy atom. The molecule has 1 aromatic rings. The molecule has 0 radical (unpaired) electrons. The predicted molar refractivity (Wildman–Crippen MR) is 90.2 cm³/mol. The number of ketones is 1. The van der Waals surface area contributed by atoms with Crippen LogP contribution < -0.4 is 0 Å². The Morgan fingerprint density at radius 3 is 2.33 bits per heavy atom. The van der Waals surface area contributed by atoms with Crippen molar-refractivity contribution in [3.63, 3.8) is 0 Å². The van der Waals surface area contributed by atoms with E-state index < -0.39 is 8.32 Å². The molecule has 0 amide bonds. The van der Waals surface area contributed by atoms with Crippen LogP contribution in [0.2, 0.25) is 19.6 Å². The van der Waals surface area contributed by atoms with Gasteiger partial charge in [0.1, 0.15) is 0 Å². The van der Waals surface area contributed by atoms with Crippen molar-refractivity contribution >= 4 is 14.1 Å². The average molecular weight is 305 g/mol. The summed E-state index contributed by atoms with van der Waals surface area (Å²) in [5, 5.41) is 0. The highest BCUT2D eigenvalue weighted by atomic mass is 28.4. The first-order valence-electron chi connectivity index (χ1n) is 8.22. The zero-order valence-corrected chi connectivity index (χ0v) is 14.6. The largest absolute Gasteiger partial charge is 0.414 e. The van der Waals surface area contributed by atoms with Crippen LogP contribution in [-0.2, 0) is 4.43 Å². The van der Waals surface area contributed by atoms with E-state index in [2.05, 4.69) is 19.6 Å². The van der Waals surface area contributed by atoms with Gasteiger partial charge in [-0.25, -0.2) is 0 Å². The van der Waals surface area contributed by atoms with Crippen molar-refractivity contribution in [3.05, 3.63) is 35.9 Å². The van der Waals surface area contributed by atoms with Gasteiger partial charge in [0.05, 0.1) is 6.10 Å². The van der Waals surface area contributed by atoms with Crippen LogP contribution in [0.1, 0.15) is 48.9 Å². The van der Waals surface area contributed by atoms with E-state index in [4.69, 9.17) is 4.43 Å². The molecule has 3 heteroatoms. The smallest absolute Gasteiger partial charge is 0.184 e. The summed E-state index contributed by atoms with van der Waals surface area (Å²) in [5.41, 5.74) is 0.817. The van der Waals surface area contributed by atoms with Gasteiger partial charge in [-0.3, -0.25) is 4.79 Å². The zero-order chi connectivity index (χ0) is 15.3. The quantitative estimate of drug-likeness (QED) is 0.542. The van der Waals surface area contributed by atoms with Crippen LogP contribution in [0.3, 0.4) is 0 Å². The molecule has 2 rings (SSSR count). The third-order valence-corrected chi connectivity index (χ3v) is 5.17. The predicted octanol–water partition coefficient (Wildman–Crippen LogP) is 5.06. The van der Waals surface area contributed by atoms with Gasteiger partial charge in [-0.15, -0.1) is 0 Å². The molecule has 116 valence electrons. The van der Waals surface area contributed by atoms with Crippen molar-refractivity contribution in [1.29, 1.82) is 0 Å². The fourth-order valence-corrected chi connectivity index (χ4v) is 4.37. The van der Waals surface area contributed by atoms with E-state index >= 15 is 0 Å². The van der Waals surface area contributed by atoms with E-state index in [9.17, 15) is 4.79 Å². The number of Topliss-reactive ketones (excluding diaryl/α,β-unsaturated/α-hetero) is 1. The molecule has 0 N–H and O–H groups in total. The molecule has 21 heavy (non-hydrogen) atoms. The summed E-state index contributed by atoms with van der Waals surface area (Å²) in [4.78, 5) is 12.5. The van der Waals surface area contributed by atoms with Gasteiger partial charge in [0.2, 0.25) is 0 Å². The van der Waals surface area contributed by atoms with Gasteiger partial charge >= 0.3 is 0 Å². The van der Waals surface area contributed by atoms with Crippen molar-refractivity contribution in [3.8, 4) is 0 Å². The number of carbonyl (C=O) groups is 1. The lowest BCUT2D eigenvalue weighted by Gasteiger charge is -2.34. The second kappa shape index (κ2) is 7.37. The second-order valence-corrected chi connectivity index (χ2v) is 11.6.